The van der Waals surface area contributed by atoms with Crippen LogP contribution in [0.5, 0.6) is 0 Å². The van der Waals surface area contributed by atoms with E-state index in [-0.39, 0.29) is 5.92 Å². The van der Waals surface area contributed by atoms with Gasteiger partial charge in [-0.1, -0.05) is 0 Å². The normalized spacial score (nSPS) is 23.7. The van der Waals surface area contributed by atoms with Gasteiger partial charge in [0.15, 0.2) is 9.84 Å². The Bertz CT molecular complexity index is 453. The van der Waals surface area contributed by atoms with Crippen molar-refractivity contribution in [1.29, 1.82) is 0 Å². The van der Waals surface area contributed by atoms with Gasteiger partial charge in [-0.25, -0.2) is 13.4 Å². The van der Waals surface area contributed by atoms with Crippen molar-refractivity contribution >= 4 is 21.2 Å². The minimum absolute atomic E-state index is 0.276. The summed E-state index contributed by atoms with van der Waals surface area (Å²) >= 11 is 1.63. The van der Waals surface area contributed by atoms with Crippen LogP contribution in [-0.2, 0) is 22.8 Å². The van der Waals surface area contributed by atoms with E-state index in [2.05, 4.69) is 10.3 Å². The lowest BCUT2D eigenvalue weighted by Gasteiger charge is -2.03. The molecule has 4 nitrogen and oxygen atoms in total. The van der Waals surface area contributed by atoms with Gasteiger partial charge in [-0.15, -0.1) is 11.3 Å². The van der Waals surface area contributed by atoms with Crippen LogP contribution in [0.3, 0.4) is 0 Å². The highest BCUT2D eigenvalue weighted by molar-refractivity contribution is 7.91. The average Bonchev–Trinajstić information content (AvgIpc) is 2.75. The van der Waals surface area contributed by atoms with E-state index in [1.165, 1.54) is 0 Å². The monoisotopic (exact) mass is 260 g/mol. The van der Waals surface area contributed by atoms with E-state index >= 15 is 0 Å². The summed E-state index contributed by atoms with van der Waals surface area (Å²) in [4.78, 5) is 4.47. The summed E-state index contributed by atoms with van der Waals surface area (Å²) < 4.78 is 22.6. The van der Waals surface area contributed by atoms with Gasteiger partial charge in [0.2, 0.25) is 0 Å². The molecule has 1 fully saturated rings. The summed E-state index contributed by atoms with van der Waals surface area (Å²) in [5.41, 5.74) is 1.04. The predicted molar refractivity (Wildman–Crippen MR) is 65.3 cm³/mol. The zero-order valence-corrected chi connectivity index (χ0v) is 10.9. The molecular formula is C10H16N2O2S2. The first-order valence-corrected chi connectivity index (χ1v) is 8.07. The highest BCUT2D eigenvalue weighted by atomic mass is 32.2. The van der Waals surface area contributed by atoms with Crippen molar-refractivity contribution in [3.8, 4) is 0 Å². The van der Waals surface area contributed by atoms with Gasteiger partial charge >= 0.3 is 0 Å². The van der Waals surface area contributed by atoms with Crippen LogP contribution >= 0.6 is 11.3 Å². The van der Waals surface area contributed by atoms with Gasteiger partial charge in [0.25, 0.3) is 0 Å². The number of nitrogens with zero attached hydrogens (tertiary/aromatic N) is 1. The van der Waals surface area contributed by atoms with Crippen LogP contribution in [0.2, 0.25) is 0 Å². The minimum atomic E-state index is -2.75. The van der Waals surface area contributed by atoms with Crippen molar-refractivity contribution in [2.75, 3.05) is 18.6 Å². The molecule has 16 heavy (non-hydrogen) atoms. The number of hydrogen-bond acceptors (Lipinski definition) is 5. The number of hydrogen-bond donors (Lipinski definition) is 1. The van der Waals surface area contributed by atoms with Crippen LogP contribution in [0.25, 0.3) is 0 Å². The Morgan fingerprint density at radius 1 is 1.62 bits per heavy atom. The summed E-state index contributed by atoms with van der Waals surface area (Å²) in [6.07, 6.45) is 1.61. The fourth-order valence-electron chi connectivity index (χ4n) is 1.98. The van der Waals surface area contributed by atoms with Crippen LogP contribution in [0.4, 0.5) is 0 Å². The summed E-state index contributed by atoms with van der Waals surface area (Å²) in [6, 6.07) is 0. The van der Waals surface area contributed by atoms with E-state index in [0.29, 0.717) is 11.5 Å². The topological polar surface area (TPSA) is 59.1 Å². The second-order valence-corrected chi connectivity index (χ2v) is 7.41. The van der Waals surface area contributed by atoms with Crippen LogP contribution < -0.4 is 5.32 Å². The Labute approximate surface area is 100 Å². The molecule has 6 heteroatoms. The number of thiazole rings is 1. The summed E-state index contributed by atoms with van der Waals surface area (Å²) in [7, 11) is -0.863. The molecule has 0 spiro atoms. The maximum Gasteiger partial charge on any atom is 0.150 e. The molecule has 2 rings (SSSR count). The van der Waals surface area contributed by atoms with Gasteiger partial charge in [-0.3, -0.25) is 0 Å². The van der Waals surface area contributed by atoms with Crippen LogP contribution in [0, 0.1) is 5.92 Å². The fourth-order valence-corrected chi connectivity index (χ4v) is 4.76. The summed E-state index contributed by atoms with van der Waals surface area (Å²) in [5, 5.41) is 6.15. The van der Waals surface area contributed by atoms with Crippen molar-refractivity contribution in [2.24, 2.45) is 5.92 Å². The Kier molecular flexibility index (Phi) is 3.61. The zero-order chi connectivity index (χ0) is 11.6. The molecule has 1 aliphatic heterocycles. The Morgan fingerprint density at radius 2 is 2.44 bits per heavy atom. The van der Waals surface area contributed by atoms with Gasteiger partial charge < -0.3 is 5.32 Å². The van der Waals surface area contributed by atoms with Crippen LogP contribution in [-0.4, -0.2) is 32.0 Å². The van der Waals surface area contributed by atoms with E-state index in [1.54, 1.807) is 11.3 Å². The Hall–Kier alpha value is -0.460. The quantitative estimate of drug-likeness (QED) is 0.871. The highest BCUT2D eigenvalue weighted by Gasteiger charge is 2.28. The maximum absolute atomic E-state index is 11.3. The molecule has 0 amide bonds. The van der Waals surface area contributed by atoms with Crippen molar-refractivity contribution in [3.63, 3.8) is 0 Å². The molecule has 0 bridgehead atoms. The van der Waals surface area contributed by atoms with Crippen LogP contribution in [0.1, 0.15) is 17.1 Å². The summed E-state index contributed by atoms with van der Waals surface area (Å²) in [5.74, 6) is 0.971. The molecule has 1 aromatic heterocycles. The molecule has 90 valence electrons. The van der Waals surface area contributed by atoms with Crippen molar-refractivity contribution in [1.82, 2.24) is 10.3 Å². The molecule has 0 saturated carbocycles. The first-order chi connectivity index (χ1) is 7.59. The van der Waals surface area contributed by atoms with Gasteiger partial charge in [0.05, 0.1) is 22.2 Å². The Balaban J connectivity index is 1.94. The molecule has 0 radical (unpaired) electrons. The van der Waals surface area contributed by atoms with Crippen LogP contribution in [0.15, 0.2) is 5.38 Å². The molecule has 1 atom stereocenters. The minimum Gasteiger partial charge on any atom is -0.314 e. The van der Waals surface area contributed by atoms with Gasteiger partial charge in [0, 0.05) is 18.3 Å². The molecule has 1 aromatic rings. The lowest BCUT2D eigenvalue weighted by molar-refractivity contribution is 0.581. The van der Waals surface area contributed by atoms with Gasteiger partial charge in [-0.2, -0.15) is 0 Å². The lowest BCUT2D eigenvalue weighted by Crippen LogP contribution is -2.08. The second-order valence-electron chi connectivity index (χ2n) is 4.24. The van der Waals surface area contributed by atoms with Crippen molar-refractivity contribution < 1.29 is 8.42 Å². The smallest absolute Gasteiger partial charge is 0.150 e. The lowest BCUT2D eigenvalue weighted by atomic mass is 10.1. The molecule has 1 aliphatic rings. The maximum atomic E-state index is 11.3. The third-order valence-corrected chi connectivity index (χ3v) is 5.50. The van der Waals surface area contributed by atoms with Crippen molar-refractivity contribution in [2.45, 2.75) is 19.4 Å². The van der Waals surface area contributed by atoms with Gasteiger partial charge in [-0.05, 0) is 19.4 Å². The average molecular weight is 260 g/mol. The molecule has 0 aliphatic carbocycles. The highest BCUT2D eigenvalue weighted by Crippen LogP contribution is 2.24. The summed E-state index contributed by atoms with van der Waals surface area (Å²) in [6.45, 7) is 0.777. The third kappa shape index (κ3) is 3.02. The fraction of sp³-hybridized carbons (Fsp3) is 0.700. The predicted octanol–water partition coefficient (Wildman–Crippen LogP) is 0.840. The number of sulfone groups is 1. The molecule has 1 unspecified atom stereocenters. The SMILES string of the molecule is CNCc1csc(CC2CCS(=O)(=O)C2)n1. The van der Waals surface area contributed by atoms with E-state index in [1.807, 2.05) is 12.4 Å². The standard InChI is InChI=1S/C10H16N2O2S2/c1-11-5-9-6-15-10(12-9)4-8-2-3-16(13,14)7-8/h6,8,11H,2-5,7H2,1H3. The second kappa shape index (κ2) is 4.81. The first-order valence-electron chi connectivity index (χ1n) is 5.37. The Morgan fingerprint density at radius 3 is 3.06 bits per heavy atom. The van der Waals surface area contributed by atoms with E-state index in [9.17, 15) is 8.42 Å². The number of aromatic nitrogens is 1. The first kappa shape index (κ1) is 12.0. The number of rotatable bonds is 4. The molecule has 0 aromatic carbocycles. The van der Waals surface area contributed by atoms with E-state index in [4.69, 9.17) is 0 Å². The molecule has 1 N–H and O–H groups in total. The molecule has 2 heterocycles. The third-order valence-electron chi connectivity index (χ3n) is 2.75. The van der Waals surface area contributed by atoms with E-state index in [0.717, 1.165) is 30.1 Å². The van der Waals surface area contributed by atoms with E-state index < -0.39 is 9.84 Å². The number of nitrogens with one attached hydrogen (secondary N) is 1. The van der Waals surface area contributed by atoms with Crippen molar-refractivity contribution in [3.05, 3.63) is 16.1 Å². The zero-order valence-electron chi connectivity index (χ0n) is 9.27. The van der Waals surface area contributed by atoms with Gasteiger partial charge in [0.1, 0.15) is 0 Å². The largest absolute Gasteiger partial charge is 0.314 e. The molecule has 1 saturated heterocycles. The molecular weight excluding hydrogens is 244 g/mol.